The van der Waals surface area contributed by atoms with E-state index in [1.165, 1.54) is 31.9 Å². The van der Waals surface area contributed by atoms with Gasteiger partial charge in [0.2, 0.25) is 0 Å². The second-order valence-electron chi connectivity index (χ2n) is 5.67. The van der Waals surface area contributed by atoms with E-state index in [2.05, 4.69) is 15.3 Å². The van der Waals surface area contributed by atoms with Crippen molar-refractivity contribution in [1.29, 1.82) is 0 Å². The van der Waals surface area contributed by atoms with Crippen LogP contribution in [-0.2, 0) is 4.74 Å². The van der Waals surface area contributed by atoms with Crippen molar-refractivity contribution in [1.82, 2.24) is 15.3 Å². The molecule has 1 amide bonds. The van der Waals surface area contributed by atoms with Crippen molar-refractivity contribution >= 4 is 11.9 Å². The zero-order valence-electron chi connectivity index (χ0n) is 13.3. The molecule has 0 spiro atoms. The predicted molar refractivity (Wildman–Crippen MR) is 83.3 cm³/mol. The fourth-order valence-electron chi connectivity index (χ4n) is 2.97. The van der Waals surface area contributed by atoms with Gasteiger partial charge in [-0.25, -0.2) is 14.8 Å². The third-order valence-corrected chi connectivity index (χ3v) is 4.12. The molecule has 7 heteroatoms. The highest BCUT2D eigenvalue weighted by Gasteiger charge is 2.25. The van der Waals surface area contributed by atoms with E-state index < -0.39 is 5.97 Å². The van der Waals surface area contributed by atoms with Crippen molar-refractivity contribution in [3.63, 3.8) is 0 Å². The molecule has 23 heavy (non-hydrogen) atoms. The van der Waals surface area contributed by atoms with Gasteiger partial charge in [0.25, 0.3) is 5.91 Å². The second kappa shape index (κ2) is 8.57. The molecule has 126 valence electrons. The summed E-state index contributed by atoms with van der Waals surface area (Å²) < 4.78 is 5.81. The van der Waals surface area contributed by atoms with Gasteiger partial charge in [-0.2, -0.15) is 0 Å². The van der Waals surface area contributed by atoms with Crippen LogP contribution in [0.3, 0.4) is 0 Å². The molecule has 0 aliphatic heterocycles. The minimum Gasteiger partial charge on any atom is -0.476 e. The molecule has 0 saturated heterocycles. The second-order valence-corrected chi connectivity index (χ2v) is 5.67. The van der Waals surface area contributed by atoms with E-state index in [1.807, 2.05) is 6.92 Å². The number of carbonyl (C=O) groups is 2. The van der Waals surface area contributed by atoms with Crippen LogP contribution in [0.4, 0.5) is 0 Å². The lowest BCUT2D eigenvalue weighted by molar-refractivity contribution is 0.0163. The first-order chi connectivity index (χ1) is 11.1. The number of carboxylic acid groups (broad SMARTS) is 1. The van der Waals surface area contributed by atoms with Crippen LogP contribution >= 0.6 is 0 Å². The lowest BCUT2D eigenvalue weighted by atomic mass is 9.98. The predicted octanol–water partition coefficient (Wildman–Crippen LogP) is 1.89. The Bertz CT molecular complexity index is 527. The third kappa shape index (κ3) is 4.99. The molecule has 0 bridgehead atoms. The summed E-state index contributed by atoms with van der Waals surface area (Å²) in [5.74, 6) is -0.932. The molecule has 1 aliphatic carbocycles. The number of carbonyl (C=O) groups excluding carboxylic acids is 1. The Kier molecular flexibility index (Phi) is 6.46. The number of aromatic carboxylic acids is 1. The number of carboxylic acids is 1. The standard InChI is InChI=1S/C16H23N3O4/c1-2-23-14(11-5-3-4-6-11)7-8-17-15(20)12-9-19-13(10-18-12)16(21)22/h9-11,14H,2-8H2,1H3,(H,17,20)(H,21,22). The first-order valence-electron chi connectivity index (χ1n) is 8.07. The van der Waals surface area contributed by atoms with Crippen LogP contribution < -0.4 is 5.32 Å². The quantitative estimate of drug-likeness (QED) is 0.758. The molecular formula is C16H23N3O4. The summed E-state index contributed by atoms with van der Waals surface area (Å²) in [4.78, 5) is 30.2. The maximum atomic E-state index is 12.0. The van der Waals surface area contributed by atoms with E-state index in [0.29, 0.717) is 19.1 Å². The minimum atomic E-state index is -1.17. The number of nitrogens with zero attached hydrogens (tertiary/aromatic N) is 2. The van der Waals surface area contributed by atoms with Crippen molar-refractivity contribution in [3.05, 3.63) is 23.8 Å². The van der Waals surface area contributed by atoms with Gasteiger partial charge >= 0.3 is 5.97 Å². The number of hydrogen-bond acceptors (Lipinski definition) is 5. The first kappa shape index (κ1) is 17.3. The van der Waals surface area contributed by atoms with Gasteiger partial charge < -0.3 is 15.2 Å². The summed E-state index contributed by atoms with van der Waals surface area (Å²) >= 11 is 0. The normalized spacial score (nSPS) is 16.2. The number of aromatic nitrogens is 2. The summed E-state index contributed by atoms with van der Waals surface area (Å²) in [6.07, 6.45) is 8.11. The van der Waals surface area contributed by atoms with E-state index >= 15 is 0 Å². The Balaban J connectivity index is 1.81. The molecule has 0 aromatic carbocycles. The Morgan fingerprint density at radius 3 is 2.52 bits per heavy atom. The van der Waals surface area contributed by atoms with Gasteiger partial charge in [-0.1, -0.05) is 12.8 Å². The molecule has 1 aliphatic rings. The average Bonchev–Trinajstić information content (AvgIpc) is 3.08. The van der Waals surface area contributed by atoms with E-state index in [9.17, 15) is 9.59 Å². The lowest BCUT2D eigenvalue weighted by Crippen LogP contribution is -2.31. The van der Waals surface area contributed by atoms with Crippen LogP contribution in [0, 0.1) is 5.92 Å². The number of nitrogens with one attached hydrogen (secondary N) is 1. The van der Waals surface area contributed by atoms with Crippen molar-refractivity contribution in [2.45, 2.75) is 45.1 Å². The highest BCUT2D eigenvalue weighted by atomic mass is 16.5. The molecule has 2 rings (SSSR count). The van der Waals surface area contributed by atoms with E-state index in [4.69, 9.17) is 9.84 Å². The van der Waals surface area contributed by atoms with Crippen LogP contribution in [-0.4, -0.2) is 46.2 Å². The summed E-state index contributed by atoms with van der Waals surface area (Å²) in [5, 5.41) is 11.5. The molecule has 7 nitrogen and oxygen atoms in total. The minimum absolute atomic E-state index is 0.115. The van der Waals surface area contributed by atoms with E-state index in [0.717, 1.165) is 12.6 Å². The van der Waals surface area contributed by atoms with Gasteiger partial charge in [-0.3, -0.25) is 4.79 Å². The van der Waals surface area contributed by atoms with Gasteiger partial charge in [0.05, 0.1) is 18.5 Å². The van der Waals surface area contributed by atoms with Gasteiger partial charge in [0.1, 0.15) is 5.69 Å². The average molecular weight is 321 g/mol. The Morgan fingerprint density at radius 2 is 1.96 bits per heavy atom. The largest absolute Gasteiger partial charge is 0.476 e. The van der Waals surface area contributed by atoms with Crippen LogP contribution in [0.1, 0.15) is 60.0 Å². The lowest BCUT2D eigenvalue weighted by Gasteiger charge is -2.23. The van der Waals surface area contributed by atoms with Crippen molar-refractivity contribution < 1.29 is 19.4 Å². The van der Waals surface area contributed by atoms with Crippen LogP contribution in [0.5, 0.6) is 0 Å². The van der Waals surface area contributed by atoms with Gasteiger partial charge in [0, 0.05) is 13.2 Å². The first-order valence-corrected chi connectivity index (χ1v) is 8.07. The van der Waals surface area contributed by atoms with Gasteiger partial charge in [-0.05, 0) is 32.1 Å². The molecule has 1 saturated carbocycles. The summed E-state index contributed by atoms with van der Waals surface area (Å²) in [6.45, 7) is 3.17. The summed E-state index contributed by atoms with van der Waals surface area (Å²) in [6, 6.07) is 0. The molecule has 1 aromatic rings. The zero-order chi connectivity index (χ0) is 16.7. The van der Waals surface area contributed by atoms with Crippen molar-refractivity contribution in [2.75, 3.05) is 13.2 Å². The number of hydrogen-bond donors (Lipinski definition) is 2. The fourth-order valence-corrected chi connectivity index (χ4v) is 2.97. The summed E-state index contributed by atoms with van der Waals surface area (Å²) in [7, 11) is 0. The Labute approximate surface area is 135 Å². The molecule has 1 atom stereocenters. The Morgan fingerprint density at radius 1 is 1.30 bits per heavy atom. The van der Waals surface area contributed by atoms with Crippen LogP contribution in [0.15, 0.2) is 12.4 Å². The Hall–Kier alpha value is -2.02. The number of amides is 1. The number of rotatable bonds is 8. The molecule has 2 N–H and O–H groups in total. The molecule has 0 radical (unpaired) electrons. The van der Waals surface area contributed by atoms with Crippen LogP contribution in [0.25, 0.3) is 0 Å². The van der Waals surface area contributed by atoms with Gasteiger partial charge in [-0.15, -0.1) is 0 Å². The fraction of sp³-hybridized carbons (Fsp3) is 0.625. The maximum Gasteiger partial charge on any atom is 0.356 e. The molecule has 1 heterocycles. The van der Waals surface area contributed by atoms with E-state index in [-0.39, 0.29) is 23.4 Å². The molecule has 1 aromatic heterocycles. The highest BCUT2D eigenvalue weighted by molar-refractivity contribution is 5.92. The summed E-state index contributed by atoms with van der Waals surface area (Å²) in [5.41, 5.74) is -0.0666. The maximum absolute atomic E-state index is 12.0. The SMILES string of the molecule is CCOC(CCNC(=O)c1cnc(C(=O)O)cn1)C1CCCC1. The zero-order valence-corrected chi connectivity index (χ0v) is 13.3. The van der Waals surface area contributed by atoms with Crippen molar-refractivity contribution in [3.8, 4) is 0 Å². The highest BCUT2D eigenvalue weighted by Crippen LogP contribution is 2.30. The van der Waals surface area contributed by atoms with Crippen LogP contribution in [0.2, 0.25) is 0 Å². The number of ether oxygens (including phenoxy) is 1. The third-order valence-electron chi connectivity index (χ3n) is 4.12. The monoisotopic (exact) mass is 321 g/mol. The molecule has 1 fully saturated rings. The van der Waals surface area contributed by atoms with E-state index in [1.54, 1.807) is 0 Å². The molecular weight excluding hydrogens is 298 g/mol. The topological polar surface area (TPSA) is 101 Å². The van der Waals surface area contributed by atoms with Gasteiger partial charge in [0.15, 0.2) is 5.69 Å². The van der Waals surface area contributed by atoms with Crippen molar-refractivity contribution in [2.24, 2.45) is 5.92 Å². The molecule has 1 unspecified atom stereocenters. The smallest absolute Gasteiger partial charge is 0.356 e.